The summed E-state index contributed by atoms with van der Waals surface area (Å²) >= 11 is 2.03. The van der Waals surface area contributed by atoms with Crippen LogP contribution in [0.15, 0.2) is 29.2 Å². The molecular formula is C16H25NS. The molecule has 1 aliphatic rings. The summed E-state index contributed by atoms with van der Waals surface area (Å²) in [7, 11) is 0. The Kier molecular flexibility index (Phi) is 5.58. The first-order chi connectivity index (χ1) is 8.81. The van der Waals surface area contributed by atoms with Gasteiger partial charge >= 0.3 is 0 Å². The summed E-state index contributed by atoms with van der Waals surface area (Å²) in [5, 5.41) is 3.65. The molecule has 0 bridgehead atoms. The molecule has 0 radical (unpaired) electrons. The molecule has 1 nitrogen and oxygen atoms in total. The van der Waals surface area contributed by atoms with E-state index in [9.17, 15) is 0 Å². The van der Waals surface area contributed by atoms with E-state index in [2.05, 4.69) is 43.4 Å². The minimum absolute atomic E-state index is 0.785. The first-order valence-corrected chi connectivity index (χ1v) is 8.21. The largest absolute Gasteiger partial charge is 0.314 e. The Bertz CT molecular complexity index is 364. The molecule has 0 heterocycles. The van der Waals surface area contributed by atoms with Gasteiger partial charge in [0.1, 0.15) is 0 Å². The molecular weight excluding hydrogens is 238 g/mol. The lowest BCUT2D eigenvalue weighted by Crippen LogP contribution is -2.32. The lowest BCUT2D eigenvalue weighted by molar-refractivity contribution is 0.400. The van der Waals surface area contributed by atoms with Crippen LogP contribution < -0.4 is 5.32 Å². The van der Waals surface area contributed by atoms with Crippen molar-refractivity contribution in [3.8, 4) is 0 Å². The summed E-state index contributed by atoms with van der Waals surface area (Å²) in [5.41, 5.74) is 1.41. The summed E-state index contributed by atoms with van der Waals surface area (Å²) < 4.78 is 0. The lowest BCUT2D eigenvalue weighted by atomic mass is 10.0. The van der Waals surface area contributed by atoms with Gasteiger partial charge in [-0.2, -0.15) is 0 Å². The second kappa shape index (κ2) is 7.20. The fourth-order valence-electron chi connectivity index (χ4n) is 2.95. The van der Waals surface area contributed by atoms with Gasteiger partial charge < -0.3 is 5.32 Å². The number of hydrogen-bond donors (Lipinski definition) is 1. The highest BCUT2D eigenvalue weighted by Crippen LogP contribution is 2.31. The van der Waals surface area contributed by atoms with Crippen LogP contribution in [0, 0.1) is 12.8 Å². The fraction of sp³-hybridized carbons (Fsp3) is 0.625. The number of benzene rings is 1. The minimum Gasteiger partial charge on any atom is -0.314 e. The van der Waals surface area contributed by atoms with Gasteiger partial charge in [0, 0.05) is 10.9 Å². The molecule has 0 amide bonds. The van der Waals surface area contributed by atoms with Crippen LogP contribution in [0.3, 0.4) is 0 Å². The quantitative estimate of drug-likeness (QED) is 0.770. The normalized spacial score (nSPS) is 23.4. The van der Waals surface area contributed by atoms with Crippen LogP contribution in [0.2, 0.25) is 0 Å². The average molecular weight is 263 g/mol. The zero-order valence-corrected chi connectivity index (χ0v) is 12.4. The molecule has 1 saturated carbocycles. The van der Waals surface area contributed by atoms with Crippen molar-refractivity contribution in [2.75, 3.05) is 12.3 Å². The zero-order chi connectivity index (χ0) is 12.8. The number of hydrogen-bond acceptors (Lipinski definition) is 2. The van der Waals surface area contributed by atoms with Crippen LogP contribution in [0.4, 0.5) is 0 Å². The van der Waals surface area contributed by atoms with Gasteiger partial charge in [-0.05, 0) is 56.0 Å². The highest BCUT2D eigenvalue weighted by molar-refractivity contribution is 7.99. The first-order valence-electron chi connectivity index (χ1n) is 7.23. The van der Waals surface area contributed by atoms with Crippen LogP contribution in [0.5, 0.6) is 0 Å². The van der Waals surface area contributed by atoms with E-state index >= 15 is 0 Å². The van der Waals surface area contributed by atoms with Crippen molar-refractivity contribution < 1.29 is 0 Å². The van der Waals surface area contributed by atoms with E-state index < -0.39 is 0 Å². The van der Waals surface area contributed by atoms with Gasteiger partial charge in [0.25, 0.3) is 0 Å². The molecule has 1 fully saturated rings. The van der Waals surface area contributed by atoms with Crippen molar-refractivity contribution >= 4 is 11.8 Å². The standard InChI is InChI=1S/C16H25NS/c1-3-17-15-9-6-8-14(15)11-12-18-16-10-5-4-7-13(16)2/h4-5,7,10,14-15,17H,3,6,8-9,11-12H2,1-2H3. The van der Waals surface area contributed by atoms with E-state index in [4.69, 9.17) is 0 Å². The van der Waals surface area contributed by atoms with Crippen molar-refractivity contribution in [2.45, 2.75) is 50.5 Å². The molecule has 1 aromatic rings. The molecule has 0 saturated heterocycles. The lowest BCUT2D eigenvalue weighted by Gasteiger charge is -2.20. The summed E-state index contributed by atoms with van der Waals surface area (Å²) in [6.07, 6.45) is 5.58. The van der Waals surface area contributed by atoms with Gasteiger partial charge in [-0.25, -0.2) is 0 Å². The predicted octanol–water partition coefficient (Wildman–Crippen LogP) is 4.26. The molecule has 0 aromatic heterocycles. The molecule has 1 aromatic carbocycles. The number of rotatable bonds is 6. The van der Waals surface area contributed by atoms with E-state index in [1.165, 1.54) is 41.9 Å². The van der Waals surface area contributed by atoms with E-state index in [-0.39, 0.29) is 0 Å². The Morgan fingerprint density at radius 1 is 1.28 bits per heavy atom. The fourth-order valence-corrected chi connectivity index (χ4v) is 4.06. The summed E-state index contributed by atoms with van der Waals surface area (Å²) in [6, 6.07) is 9.51. The average Bonchev–Trinajstić information content (AvgIpc) is 2.80. The maximum atomic E-state index is 3.65. The predicted molar refractivity (Wildman–Crippen MR) is 81.3 cm³/mol. The van der Waals surface area contributed by atoms with Gasteiger partial charge in [-0.3, -0.25) is 0 Å². The highest BCUT2D eigenvalue weighted by atomic mass is 32.2. The van der Waals surface area contributed by atoms with Crippen LogP contribution in [-0.2, 0) is 0 Å². The topological polar surface area (TPSA) is 12.0 Å². The number of nitrogens with one attached hydrogen (secondary N) is 1. The molecule has 18 heavy (non-hydrogen) atoms. The van der Waals surface area contributed by atoms with Crippen molar-refractivity contribution in [1.29, 1.82) is 0 Å². The van der Waals surface area contributed by atoms with Crippen LogP contribution in [0.1, 0.15) is 38.2 Å². The van der Waals surface area contributed by atoms with Gasteiger partial charge in [-0.1, -0.05) is 31.5 Å². The van der Waals surface area contributed by atoms with Crippen LogP contribution in [0.25, 0.3) is 0 Å². The molecule has 100 valence electrons. The third-order valence-corrected chi connectivity index (χ3v) is 5.17. The number of thioether (sulfide) groups is 1. The summed E-state index contributed by atoms with van der Waals surface area (Å²) in [6.45, 7) is 5.54. The Labute approximate surface area is 116 Å². The van der Waals surface area contributed by atoms with Gasteiger partial charge in [0.05, 0.1) is 0 Å². The third kappa shape index (κ3) is 3.76. The Hall–Kier alpha value is -0.470. The van der Waals surface area contributed by atoms with Crippen molar-refractivity contribution in [1.82, 2.24) is 5.32 Å². The molecule has 2 heteroatoms. The van der Waals surface area contributed by atoms with E-state index in [1.54, 1.807) is 0 Å². The Morgan fingerprint density at radius 3 is 2.89 bits per heavy atom. The van der Waals surface area contributed by atoms with Crippen LogP contribution in [-0.4, -0.2) is 18.3 Å². The highest BCUT2D eigenvalue weighted by Gasteiger charge is 2.25. The minimum atomic E-state index is 0.785. The van der Waals surface area contributed by atoms with Gasteiger partial charge in [0.15, 0.2) is 0 Å². The third-order valence-electron chi connectivity index (χ3n) is 3.97. The van der Waals surface area contributed by atoms with E-state index in [0.717, 1.165) is 18.5 Å². The number of aryl methyl sites for hydroxylation is 1. The van der Waals surface area contributed by atoms with Crippen molar-refractivity contribution in [3.05, 3.63) is 29.8 Å². The molecule has 1 aliphatic carbocycles. The second-order valence-corrected chi connectivity index (χ2v) is 6.39. The van der Waals surface area contributed by atoms with E-state index in [1.807, 2.05) is 11.8 Å². The molecule has 0 aliphatic heterocycles. The maximum Gasteiger partial charge on any atom is 0.0101 e. The van der Waals surface area contributed by atoms with Crippen LogP contribution >= 0.6 is 11.8 Å². The first kappa shape index (κ1) is 14.0. The van der Waals surface area contributed by atoms with E-state index in [0.29, 0.717) is 0 Å². The SMILES string of the molecule is CCNC1CCCC1CCSc1ccccc1C. The maximum absolute atomic E-state index is 3.65. The zero-order valence-electron chi connectivity index (χ0n) is 11.6. The monoisotopic (exact) mass is 263 g/mol. The van der Waals surface area contributed by atoms with Crippen molar-refractivity contribution in [3.63, 3.8) is 0 Å². The summed E-state index contributed by atoms with van der Waals surface area (Å²) in [4.78, 5) is 1.45. The molecule has 2 rings (SSSR count). The smallest absolute Gasteiger partial charge is 0.0101 e. The van der Waals surface area contributed by atoms with Crippen molar-refractivity contribution in [2.24, 2.45) is 5.92 Å². The van der Waals surface area contributed by atoms with Gasteiger partial charge in [0.2, 0.25) is 0 Å². The van der Waals surface area contributed by atoms with Gasteiger partial charge in [-0.15, -0.1) is 11.8 Å². The molecule has 1 N–H and O–H groups in total. The Balaban J connectivity index is 1.76. The molecule has 0 spiro atoms. The summed E-state index contributed by atoms with van der Waals surface area (Å²) in [5.74, 6) is 2.17. The second-order valence-electron chi connectivity index (χ2n) is 5.26. The molecule has 2 atom stereocenters. The molecule has 2 unspecified atom stereocenters. The Morgan fingerprint density at radius 2 is 2.11 bits per heavy atom.